The van der Waals surface area contributed by atoms with Gasteiger partial charge in [-0.1, -0.05) is 48.5 Å². The van der Waals surface area contributed by atoms with Gasteiger partial charge in [-0.3, -0.25) is 19.4 Å². The number of para-hydroxylation sites is 1. The molecule has 2 aliphatic heterocycles. The zero-order chi connectivity index (χ0) is 24.4. The Bertz CT molecular complexity index is 1240. The molecule has 2 aliphatic rings. The first-order valence-corrected chi connectivity index (χ1v) is 12.1. The minimum Gasteiger partial charge on any atom is -0.345 e. The van der Waals surface area contributed by atoms with Crippen LogP contribution in [0.5, 0.6) is 0 Å². The van der Waals surface area contributed by atoms with Crippen LogP contribution >= 0.6 is 0 Å². The van der Waals surface area contributed by atoms with Crippen LogP contribution in [-0.4, -0.2) is 61.2 Å². The van der Waals surface area contributed by atoms with Gasteiger partial charge < -0.3 is 4.90 Å². The summed E-state index contributed by atoms with van der Waals surface area (Å²) in [4.78, 5) is 36.1. The third kappa shape index (κ3) is 4.75. The first-order valence-electron chi connectivity index (χ1n) is 12.1. The lowest BCUT2D eigenvalue weighted by Gasteiger charge is -2.34. The molecular weight excluding hydrogens is 436 g/mol. The van der Waals surface area contributed by atoms with Gasteiger partial charge >= 0.3 is 0 Å². The van der Waals surface area contributed by atoms with E-state index in [-0.39, 0.29) is 11.8 Å². The van der Waals surface area contributed by atoms with Gasteiger partial charge in [0.2, 0.25) is 0 Å². The van der Waals surface area contributed by atoms with Crippen molar-refractivity contribution in [1.82, 2.24) is 9.80 Å². The third-order valence-electron chi connectivity index (χ3n) is 6.86. The molecule has 35 heavy (non-hydrogen) atoms. The van der Waals surface area contributed by atoms with Crippen LogP contribution in [0.3, 0.4) is 0 Å². The Morgan fingerprint density at radius 3 is 2.26 bits per heavy atom. The van der Waals surface area contributed by atoms with Crippen LogP contribution < -0.4 is 4.90 Å². The Balaban J connectivity index is 1.32. The molecule has 178 valence electrons. The number of piperidine rings is 1. The molecule has 0 aliphatic carbocycles. The summed E-state index contributed by atoms with van der Waals surface area (Å²) < 4.78 is 0. The molecule has 6 heteroatoms. The minimum atomic E-state index is -0.0789. The number of hydrogen-bond donors (Lipinski definition) is 0. The quantitative estimate of drug-likeness (QED) is 0.548. The second-order valence-corrected chi connectivity index (χ2v) is 9.40. The smallest absolute Gasteiger partial charge is 0.278 e. The Kier molecular flexibility index (Phi) is 6.47. The van der Waals surface area contributed by atoms with Gasteiger partial charge in [-0.05, 0) is 54.7 Å². The first-order chi connectivity index (χ1) is 17.0. The van der Waals surface area contributed by atoms with Crippen molar-refractivity contribution in [2.75, 3.05) is 38.8 Å². The predicted molar refractivity (Wildman–Crippen MR) is 139 cm³/mol. The molecule has 3 aromatic rings. The maximum absolute atomic E-state index is 13.5. The lowest BCUT2D eigenvalue weighted by molar-refractivity contribution is -0.112. The molecule has 0 N–H and O–H groups in total. The Labute approximate surface area is 206 Å². The van der Waals surface area contributed by atoms with Crippen LogP contribution in [0.15, 0.2) is 83.9 Å². The monoisotopic (exact) mass is 466 g/mol. The largest absolute Gasteiger partial charge is 0.345 e. The lowest BCUT2D eigenvalue weighted by atomic mass is 9.90. The second kappa shape index (κ2) is 9.84. The van der Waals surface area contributed by atoms with E-state index < -0.39 is 0 Å². The van der Waals surface area contributed by atoms with Gasteiger partial charge in [0.1, 0.15) is 5.71 Å². The van der Waals surface area contributed by atoms with Crippen LogP contribution in [0.25, 0.3) is 0 Å². The van der Waals surface area contributed by atoms with E-state index in [9.17, 15) is 9.59 Å². The second-order valence-electron chi connectivity index (χ2n) is 9.40. The number of likely N-dealkylation sites (tertiary alicyclic amines) is 1. The van der Waals surface area contributed by atoms with Gasteiger partial charge in [0.15, 0.2) is 0 Å². The average molecular weight is 467 g/mol. The Hall–Kier alpha value is -3.77. The fraction of sp³-hybridized carbons (Fsp3) is 0.276. The molecule has 2 heterocycles. The molecule has 0 aromatic heterocycles. The Morgan fingerprint density at radius 1 is 0.914 bits per heavy atom. The van der Waals surface area contributed by atoms with Crippen molar-refractivity contribution in [3.63, 3.8) is 0 Å². The maximum Gasteiger partial charge on any atom is 0.278 e. The lowest BCUT2D eigenvalue weighted by Crippen LogP contribution is -2.44. The number of aliphatic imine (C=N–C) groups is 1. The minimum absolute atomic E-state index is 0.0614. The number of benzene rings is 3. The standard InChI is InChI=1S/C29H30N4O2/c1-31(2)28(34)23-12-14-24(15-13-23)30-27-25-10-6-7-11-26(25)33(29(27)35)20-32-18-16-22(17-19-32)21-8-4-3-5-9-21/h3-15,22H,16-20H2,1-2H3. The molecule has 1 saturated heterocycles. The number of anilines is 1. The van der Waals surface area contributed by atoms with Crippen LogP contribution in [0.4, 0.5) is 11.4 Å². The first kappa shape index (κ1) is 23.0. The van der Waals surface area contributed by atoms with E-state index in [1.165, 1.54) is 10.5 Å². The van der Waals surface area contributed by atoms with E-state index in [4.69, 9.17) is 4.99 Å². The van der Waals surface area contributed by atoms with Crippen LogP contribution in [0.1, 0.15) is 40.2 Å². The molecular formula is C29H30N4O2. The van der Waals surface area contributed by atoms with E-state index in [0.29, 0.717) is 29.5 Å². The zero-order valence-corrected chi connectivity index (χ0v) is 20.2. The summed E-state index contributed by atoms with van der Waals surface area (Å²) in [7, 11) is 3.45. The van der Waals surface area contributed by atoms with Crippen LogP contribution in [0.2, 0.25) is 0 Å². The maximum atomic E-state index is 13.5. The third-order valence-corrected chi connectivity index (χ3v) is 6.86. The summed E-state index contributed by atoms with van der Waals surface area (Å²) in [5, 5.41) is 0. The molecule has 6 nitrogen and oxygen atoms in total. The molecule has 0 spiro atoms. The fourth-order valence-electron chi connectivity index (χ4n) is 4.91. The highest BCUT2D eigenvalue weighted by Crippen LogP contribution is 2.33. The topological polar surface area (TPSA) is 56.2 Å². The van der Waals surface area contributed by atoms with Crippen molar-refractivity contribution >= 4 is 28.9 Å². The summed E-state index contributed by atoms with van der Waals surface area (Å²) in [5.74, 6) is 0.437. The number of nitrogens with zero attached hydrogens (tertiary/aromatic N) is 4. The van der Waals surface area contributed by atoms with E-state index in [1.54, 1.807) is 38.4 Å². The van der Waals surface area contributed by atoms with Gasteiger partial charge in [0, 0.05) is 38.3 Å². The van der Waals surface area contributed by atoms with Crippen molar-refractivity contribution in [3.05, 3.63) is 95.6 Å². The van der Waals surface area contributed by atoms with E-state index >= 15 is 0 Å². The van der Waals surface area contributed by atoms with Crippen molar-refractivity contribution in [2.45, 2.75) is 18.8 Å². The van der Waals surface area contributed by atoms with Crippen molar-refractivity contribution in [1.29, 1.82) is 0 Å². The molecule has 1 fully saturated rings. The number of hydrogen-bond acceptors (Lipinski definition) is 4. The normalized spacial score (nSPS) is 17.6. The molecule has 2 amide bonds. The number of amides is 2. The number of carbonyl (C=O) groups excluding carboxylic acids is 2. The summed E-state index contributed by atoms with van der Waals surface area (Å²) in [6, 6.07) is 25.6. The summed E-state index contributed by atoms with van der Waals surface area (Å²) in [6.07, 6.45) is 2.18. The summed E-state index contributed by atoms with van der Waals surface area (Å²) in [5.41, 5.74) is 4.86. The molecule has 0 saturated carbocycles. The summed E-state index contributed by atoms with van der Waals surface area (Å²) in [6.45, 7) is 2.48. The molecule has 0 atom stereocenters. The van der Waals surface area contributed by atoms with Gasteiger partial charge in [-0.2, -0.15) is 0 Å². The van der Waals surface area contributed by atoms with Crippen molar-refractivity contribution < 1.29 is 9.59 Å². The van der Waals surface area contributed by atoms with E-state index in [0.717, 1.165) is 37.2 Å². The fourth-order valence-corrected chi connectivity index (χ4v) is 4.91. The molecule has 0 unspecified atom stereocenters. The van der Waals surface area contributed by atoms with E-state index in [2.05, 4.69) is 35.2 Å². The van der Waals surface area contributed by atoms with Gasteiger partial charge in [-0.25, -0.2) is 4.99 Å². The van der Waals surface area contributed by atoms with Gasteiger partial charge in [-0.15, -0.1) is 0 Å². The highest BCUT2D eigenvalue weighted by molar-refractivity contribution is 6.54. The zero-order valence-electron chi connectivity index (χ0n) is 20.2. The highest BCUT2D eigenvalue weighted by Gasteiger charge is 2.35. The Morgan fingerprint density at radius 2 is 1.57 bits per heavy atom. The summed E-state index contributed by atoms with van der Waals surface area (Å²) >= 11 is 0. The average Bonchev–Trinajstić information content (AvgIpc) is 3.15. The van der Waals surface area contributed by atoms with Crippen LogP contribution in [-0.2, 0) is 4.79 Å². The molecule has 3 aromatic carbocycles. The van der Waals surface area contributed by atoms with Crippen LogP contribution in [0, 0.1) is 0 Å². The molecule has 0 radical (unpaired) electrons. The number of carbonyl (C=O) groups is 2. The number of fused-ring (bicyclic) bond motifs is 1. The number of rotatable bonds is 5. The highest BCUT2D eigenvalue weighted by atomic mass is 16.2. The van der Waals surface area contributed by atoms with E-state index in [1.807, 2.05) is 29.2 Å². The SMILES string of the molecule is CN(C)C(=O)c1ccc(N=C2C(=O)N(CN3CCC(c4ccccc4)CC3)c3ccccc32)cc1. The van der Waals surface area contributed by atoms with Gasteiger partial charge in [0.25, 0.3) is 11.8 Å². The van der Waals surface area contributed by atoms with Crippen molar-refractivity contribution in [3.8, 4) is 0 Å². The molecule has 0 bridgehead atoms. The molecule has 5 rings (SSSR count). The van der Waals surface area contributed by atoms with Gasteiger partial charge in [0.05, 0.1) is 18.0 Å². The van der Waals surface area contributed by atoms with Crippen molar-refractivity contribution in [2.24, 2.45) is 4.99 Å². The predicted octanol–water partition coefficient (Wildman–Crippen LogP) is 4.69.